The van der Waals surface area contributed by atoms with E-state index in [0.717, 1.165) is 11.3 Å². The molecule has 0 aliphatic carbocycles. The highest BCUT2D eigenvalue weighted by Gasteiger charge is 2.22. The van der Waals surface area contributed by atoms with Crippen molar-refractivity contribution in [2.75, 3.05) is 6.54 Å². The molecule has 21 heavy (non-hydrogen) atoms. The summed E-state index contributed by atoms with van der Waals surface area (Å²) in [6.45, 7) is 2.57. The minimum Gasteiger partial charge on any atom is -0.309 e. The predicted octanol–water partition coefficient (Wildman–Crippen LogP) is 5.10. The van der Waals surface area contributed by atoms with E-state index >= 15 is 0 Å². The van der Waals surface area contributed by atoms with Gasteiger partial charge in [-0.25, -0.2) is 13.2 Å². The third-order valence-corrected chi connectivity index (χ3v) is 4.32. The monoisotopic (exact) mass is 333 g/mol. The summed E-state index contributed by atoms with van der Waals surface area (Å²) in [4.78, 5) is 0.914. The Bertz CT molecular complexity index is 592. The lowest BCUT2D eigenvalue weighted by atomic mass is 10.0. The van der Waals surface area contributed by atoms with Crippen LogP contribution in [0.2, 0.25) is 4.34 Å². The maximum atomic E-state index is 14.0. The lowest BCUT2D eigenvalue weighted by Gasteiger charge is -2.19. The Morgan fingerprint density at radius 2 is 1.86 bits per heavy atom. The molecule has 1 unspecified atom stereocenters. The molecule has 0 saturated heterocycles. The summed E-state index contributed by atoms with van der Waals surface area (Å²) in [5.41, 5.74) is -0.130. The van der Waals surface area contributed by atoms with Gasteiger partial charge in [-0.15, -0.1) is 11.3 Å². The lowest BCUT2D eigenvalue weighted by molar-refractivity contribution is 0.456. The van der Waals surface area contributed by atoms with Gasteiger partial charge in [0.1, 0.15) is 17.5 Å². The zero-order chi connectivity index (χ0) is 15.4. The second-order valence-corrected chi connectivity index (χ2v) is 6.50. The number of hydrogen-bond donors (Lipinski definition) is 1. The van der Waals surface area contributed by atoms with E-state index in [9.17, 15) is 13.2 Å². The van der Waals surface area contributed by atoms with Gasteiger partial charge in [-0.2, -0.15) is 0 Å². The highest BCUT2D eigenvalue weighted by molar-refractivity contribution is 7.16. The first-order valence-corrected chi connectivity index (χ1v) is 7.82. The summed E-state index contributed by atoms with van der Waals surface area (Å²) in [6.07, 6.45) is 1.23. The Morgan fingerprint density at radius 1 is 1.19 bits per heavy atom. The van der Waals surface area contributed by atoms with E-state index in [1.165, 1.54) is 11.3 Å². The van der Waals surface area contributed by atoms with Crippen LogP contribution in [0.5, 0.6) is 0 Å². The summed E-state index contributed by atoms with van der Waals surface area (Å²) in [5, 5.41) is 3.11. The van der Waals surface area contributed by atoms with Crippen molar-refractivity contribution in [1.82, 2.24) is 5.32 Å². The molecule has 2 aromatic rings. The molecular weight excluding hydrogens is 319 g/mol. The zero-order valence-electron chi connectivity index (χ0n) is 11.4. The van der Waals surface area contributed by atoms with Gasteiger partial charge in [-0.3, -0.25) is 0 Å². The van der Waals surface area contributed by atoms with Gasteiger partial charge >= 0.3 is 0 Å². The molecule has 1 aromatic carbocycles. The van der Waals surface area contributed by atoms with E-state index in [4.69, 9.17) is 11.6 Å². The minimum absolute atomic E-state index is 0.130. The average molecular weight is 334 g/mol. The van der Waals surface area contributed by atoms with E-state index in [0.29, 0.717) is 29.4 Å². The van der Waals surface area contributed by atoms with Crippen molar-refractivity contribution >= 4 is 22.9 Å². The standard InChI is InChI=1S/C15H15ClF3NS/c1-2-5-20-13(8-10-3-4-14(16)21-10)15-11(18)6-9(17)7-12(15)19/h3-4,6-7,13,20H,2,5,8H2,1H3. The maximum Gasteiger partial charge on any atom is 0.133 e. The van der Waals surface area contributed by atoms with Crippen LogP contribution >= 0.6 is 22.9 Å². The van der Waals surface area contributed by atoms with Crippen molar-refractivity contribution in [2.24, 2.45) is 0 Å². The van der Waals surface area contributed by atoms with Crippen LogP contribution in [0.25, 0.3) is 0 Å². The third kappa shape index (κ3) is 4.22. The fourth-order valence-corrected chi connectivity index (χ4v) is 3.28. The molecule has 1 atom stereocenters. The van der Waals surface area contributed by atoms with Gasteiger partial charge in [0.2, 0.25) is 0 Å². The molecule has 0 radical (unpaired) electrons. The van der Waals surface area contributed by atoms with E-state index in [1.807, 2.05) is 13.0 Å². The maximum absolute atomic E-state index is 14.0. The van der Waals surface area contributed by atoms with Gasteiger partial charge in [0.05, 0.1) is 4.34 Å². The second kappa shape index (κ2) is 7.29. The Morgan fingerprint density at radius 3 is 2.38 bits per heavy atom. The van der Waals surface area contributed by atoms with E-state index < -0.39 is 23.5 Å². The molecule has 1 heterocycles. The van der Waals surface area contributed by atoms with Crippen LogP contribution in [0.3, 0.4) is 0 Å². The molecule has 1 aromatic heterocycles. The minimum atomic E-state index is -0.915. The summed E-state index contributed by atoms with van der Waals surface area (Å²) in [6, 6.07) is 4.43. The smallest absolute Gasteiger partial charge is 0.133 e. The Balaban J connectivity index is 2.31. The topological polar surface area (TPSA) is 12.0 Å². The van der Waals surface area contributed by atoms with Crippen LogP contribution in [-0.4, -0.2) is 6.54 Å². The zero-order valence-corrected chi connectivity index (χ0v) is 13.0. The molecule has 0 saturated carbocycles. The van der Waals surface area contributed by atoms with Crippen LogP contribution in [0.4, 0.5) is 13.2 Å². The van der Waals surface area contributed by atoms with Crippen molar-refractivity contribution < 1.29 is 13.2 Å². The molecule has 2 rings (SSSR count). The average Bonchev–Trinajstić information content (AvgIpc) is 2.80. The SMILES string of the molecule is CCCNC(Cc1ccc(Cl)s1)c1c(F)cc(F)cc1F. The van der Waals surface area contributed by atoms with Gasteiger partial charge in [-0.1, -0.05) is 18.5 Å². The first kappa shape index (κ1) is 16.3. The normalized spacial score (nSPS) is 12.6. The van der Waals surface area contributed by atoms with Crippen molar-refractivity contribution in [3.63, 3.8) is 0 Å². The van der Waals surface area contributed by atoms with Gasteiger partial charge in [0.25, 0.3) is 0 Å². The number of halogens is 4. The number of hydrogen-bond acceptors (Lipinski definition) is 2. The second-order valence-electron chi connectivity index (χ2n) is 4.70. The summed E-state index contributed by atoms with van der Waals surface area (Å²) in [7, 11) is 0. The Hall–Kier alpha value is -1.04. The van der Waals surface area contributed by atoms with Crippen LogP contribution in [0.15, 0.2) is 24.3 Å². The molecule has 0 spiro atoms. The van der Waals surface area contributed by atoms with Gasteiger partial charge in [0.15, 0.2) is 0 Å². The molecule has 1 N–H and O–H groups in total. The van der Waals surface area contributed by atoms with Gasteiger partial charge in [0, 0.05) is 35.0 Å². The number of nitrogens with one attached hydrogen (secondary N) is 1. The van der Waals surface area contributed by atoms with Crippen LogP contribution < -0.4 is 5.32 Å². The fourth-order valence-electron chi connectivity index (χ4n) is 2.14. The van der Waals surface area contributed by atoms with Crippen LogP contribution in [0, 0.1) is 17.5 Å². The van der Waals surface area contributed by atoms with Crippen LogP contribution in [-0.2, 0) is 6.42 Å². The molecule has 0 aliphatic heterocycles. The number of rotatable bonds is 6. The summed E-state index contributed by atoms with van der Waals surface area (Å²) in [5.74, 6) is -2.66. The molecule has 0 bridgehead atoms. The summed E-state index contributed by atoms with van der Waals surface area (Å²) < 4.78 is 41.6. The van der Waals surface area contributed by atoms with Crippen molar-refractivity contribution in [3.05, 3.63) is 56.5 Å². The number of benzene rings is 1. The molecule has 1 nitrogen and oxygen atoms in total. The summed E-state index contributed by atoms with van der Waals surface area (Å²) >= 11 is 7.24. The largest absolute Gasteiger partial charge is 0.309 e. The van der Waals surface area contributed by atoms with E-state index in [-0.39, 0.29) is 5.56 Å². The lowest BCUT2D eigenvalue weighted by Crippen LogP contribution is -2.26. The van der Waals surface area contributed by atoms with E-state index in [2.05, 4.69) is 5.32 Å². The highest BCUT2D eigenvalue weighted by atomic mass is 35.5. The Kier molecular flexibility index (Phi) is 5.67. The van der Waals surface area contributed by atoms with Crippen molar-refractivity contribution in [1.29, 1.82) is 0 Å². The van der Waals surface area contributed by atoms with Crippen LogP contribution in [0.1, 0.15) is 29.8 Å². The van der Waals surface area contributed by atoms with Gasteiger partial charge < -0.3 is 5.32 Å². The first-order chi connectivity index (χ1) is 10.0. The van der Waals surface area contributed by atoms with Crippen molar-refractivity contribution in [2.45, 2.75) is 25.8 Å². The molecule has 114 valence electrons. The van der Waals surface area contributed by atoms with Gasteiger partial charge in [-0.05, 0) is 25.1 Å². The van der Waals surface area contributed by atoms with E-state index in [1.54, 1.807) is 6.07 Å². The first-order valence-electron chi connectivity index (χ1n) is 6.63. The number of thiophene rings is 1. The quantitative estimate of drug-likeness (QED) is 0.775. The predicted molar refractivity (Wildman–Crippen MR) is 80.4 cm³/mol. The molecule has 0 amide bonds. The molecular formula is C15H15ClF3NS. The van der Waals surface area contributed by atoms with Crippen molar-refractivity contribution in [3.8, 4) is 0 Å². The Labute approximate surface area is 130 Å². The molecule has 6 heteroatoms. The highest BCUT2D eigenvalue weighted by Crippen LogP contribution is 2.29. The third-order valence-electron chi connectivity index (χ3n) is 3.07. The molecule has 0 aliphatic rings. The fraction of sp³-hybridized carbons (Fsp3) is 0.333. The molecule has 0 fully saturated rings.